The van der Waals surface area contributed by atoms with E-state index in [2.05, 4.69) is 37.9 Å². The van der Waals surface area contributed by atoms with Crippen LogP contribution in [0, 0.1) is 5.41 Å². The minimum atomic E-state index is -0.455. The van der Waals surface area contributed by atoms with Crippen molar-refractivity contribution in [1.82, 2.24) is 10.2 Å². The van der Waals surface area contributed by atoms with Crippen molar-refractivity contribution in [3.8, 4) is 0 Å². The molecule has 0 aliphatic rings. The molecule has 3 N–H and O–H groups in total. The Morgan fingerprint density at radius 1 is 1.17 bits per heavy atom. The van der Waals surface area contributed by atoms with E-state index in [0.717, 1.165) is 6.54 Å². The summed E-state index contributed by atoms with van der Waals surface area (Å²) in [5.74, 6) is -0.0602. The highest BCUT2D eigenvalue weighted by Gasteiger charge is 2.27. The Hall–Kier alpha value is -0.610. The van der Waals surface area contributed by atoms with E-state index < -0.39 is 6.04 Å². The van der Waals surface area contributed by atoms with Gasteiger partial charge in [0, 0.05) is 25.2 Å². The number of carbonyl (C=O) groups excluding carboxylic acids is 1. The van der Waals surface area contributed by atoms with E-state index in [1.54, 1.807) is 0 Å². The molecule has 0 saturated heterocycles. The second kappa shape index (κ2) is 7.10. The maximum atomic E-state index is 11.9. The number of hydrogen-bond acceptors (Lipinski definition) is 3. The third-order valence-corrected chi connectivity index (χ3v) is 3.21. The summed E-state index contributed by atoms with van der Waals surface area (Å²) in [5.41, 5.74) is 5.71. The van der Waals surface area contributed by atoms with Crippen LogP contribution < -0.4 is 11.1 Å². The fraction of sp³-hybridized carbons (Fsp3) is 0.929. The summed E-state index contributed by atoms with van der Waals surface area (Å²) in [6.07, 6.45) is 0. The molecule has 18 heavy (non-hydrogen) atoms. The maximum absolute atomic E-state index is 11.9. The zero-order chi connectivity index (χ0) is 14.5. The highest BCUT2D eigenvalue weighted by molar-refractivity contribution is 5.82. The maximum Gasteiger partial charge on any atom is 0.237 e. The number of nitrogens with zero attached hydrogens (tertiary/aromatic N) is 1. The number of hydrogen-bond donors (Lipinski definition) is 2. The average Bonchev–Trinajstić information content (AvgIpc) is 2.20. The number of rotatable bonds is 6. The van der Waals surface area contributed by atoms with Gasteiger partial charge in [0.05, 0.1) is 6.04 Å². The first-order valence-electron chi connectivity index (χ1n) is 6.86. The second-order valence-corrected chi connectivity index (χ2v) is 6.56. The van der Waals surface area contributed by atoms with Gasteiger partial charge in [0.1, 0.15) is 0 Å². The molecule has 0 spiro atoms. The molecule has 108 valence electrons. The van der Waals surface area contributed by atoms with E-state index in [4.69, 9.17) is 5.73 Å². The monoisotopic (exact) mass is 257 g/mol. The van der Waals surface area contributed by atoms with E-state index in [1.165, 1.54) is 0 Å². The largest absolute Gasteiger partial charge is 0.353 e. The predicted octanol–water partition coefficient (Wildman–Crippen LogP) is 1.59. The zero-order valence-electron chi connectivity index (χ0n) is 13.1. The van der Waals surface area contributed by atoms with Crippen LogP contribution in [0.3, 0.4) is 0 Å². The highest BCUT2D eigenvalue weighted by Crippen LogP contribution is 2.17. The Bertz CT molecular complexity index is 248. The standard InChI is InChI=1S/C14H31N3O/c1-10(2)17(11(3)4)9-8-16-13(18)12(15)14(5,6)7/h10-12H,8-9,15H2,1-7H3,(H,16,18)/t12-/m0/s1. The molecule has 4 heteroatoms. The molecule has 0 bridgehead atoms. The lowest BCUT2D eigenvalue weighted by Crippen LogP contribution is -2.50. The summed E-state index contributed by atoms with van der Waals surface area (Å²) < 4.78 is 0. The Kier molecular flexibility index (Phi) is 6.86. The van der Waals surface area contributed by atoms with Crippen LogP contribution in [0.5, 0.6) is 0 Å². The molecule has 0 heterocycles. The Balaban J connectivity index is 4.15. The summed E-state index contributed by atoms with van der Waals surface area (Å²) in [6.45, 7) is 16.1. The molecule has 0 aliphatic carbocycles. The molecule has 0 aromatic heterocycles. The number of carbonyl (C=O) groups is 1. The van der Waals surface area contributed by atoms with Crippen LogP contribution in [0.15, 0.2) is 0 Å². The molecule has 0 rings (SSSR count). The molecule has 0 aliphatic heterocycles. The fourth-order valence-corrected chi connectivity index (χ4v) is 1.92. The molecule has 0 aromatic rings. The average molecular weight is 257 g/mol. The number of nitrogens with one attached hydrogen (secondary N) is 1. The van der Waals surface area contributed by atoms with Crippen molar-refractivity contribution in [1.29, 1.82) is 0 Å². The molecule has 0 saturated carbocycles. The molecule has 4 nitrogen and oxygen atoms in total. The Labute approximate surface area is 112 Å². The number of nitrogens with two attached hydrogens (primary N) is 1. The van der Waals surface area contributed by atoms with Gasteiger partial charge in [-0.3, -0.25) is 9.69 Å². The topological polar surface area (TPSA) is 58.4 Å². The van der Waals surface area contributed by atoms with Crippen molar-refractivity contribution in [2.45, 2.75) is 66.6 Å². The molecule has 0 fully saturated rings. The van der Waals surface area contributed by atoms with E-state index in [9.17, 15) is 4.79 Å². The van der Waals surface area contributed by atoms with Crippen molar-refractivity contribution in [3.63, 3.8) is 0 Å². The van der Waals surface area contributed by atoms with Gasteiger partial charge in [-0.2, -0.15) is 0 Å². The molecule has 1 atom stereocenters. The highest BCUT2D eigenvalue weighted by atomic mass is 16.2. The zero-order valence-corrected chi connectivity index (χ0v) is 13.1. The van der Waals surface area contributed by atoms with Crippen LogP contribution in [-0.2, 0) is 4.79 Å². The molecule has 0 aromatic carbocycles. The Morgan fingerprint density at radius 2 is 1.61 bits per heavy atom. The summed E-state index contributed by atoms with van der Waals surface area (Å²) in [6, 6.07) is 0.514. The van der Waals surface area contributed by atoms with Crippen LogP contribution in [0.4, 0.5) is 0 Å². The van der Waals surface area contributed by atoms with Crippen molar-refractivity contribution in [2.75, 3.05) is 13.1 Å². The summed E-state index contributed by atoms with van der Waals surface area (Å²) >= 11 is 0. The molecule has 1 amide bonds. The third-order valence-electron chi connectivity index (χ3n) is 3.21. The van der Waals surface area contributed by atoms with Crippen LogP contribution in [0.2, 0.25) is 0 Å². The smallest absolute Gasteiger partial charge is 0.237 e. The van der Waals surface area contributed by atoms with Gasteiger partial charge in [-0.1, -0.05) is 20.8 Å². The van der Waals surface area contributed by atoms with Crippen LogP contribution >= 0.6 is 0 Å². The van der Waals surface area contributed by atoms with Gasteiger partial charge in [-0.05, 0) is 33.1 Å². The van der Waals surface area contributed by atoms with Crippen molar-refractivity contribution >= 4 is 5.91 Å². The van der Waals surface area contributed by atoms with Gasteiger partial charge >= 0.3 is 0 Å². The van der Waals surface area contributed by atoms with E-state index in [0.29, 0.717) is 18.6 Å². The first-order valence-corrected chi connectivity index (χ1v) is 6.86. The lowest BCUT2D eigenvalue weighted by atomic mass is 9.87. The van der Waals surface area contributed by atoms with Crippen LogP contribution in [0.25, 0.3) is 0 Å². The van der Waals surface area contributed by atoms with Crippen LogP contribution in [-0.4, -0.2) is 42.0 Å². The molecule has 0 unspecified atom stereocenters. The van der Waals surface area contributed by atoms with E-state index >= 15 is 0 Å². The van der Waals surface area contributed by atoms with Crippen LogP contribution in [0.1, 0.15) is 48.5 Å². The van der Waals surface area contributed by atoms with Crippen molar-refractivity contribution in [2.24, 2.45) is 11.1 Å². The van der Waals surface area contributed by atoms with E-state index in [-0.39, 0.29) is 11.3 Å². The molecular weight excluding hydrogens is 226 g/mol. The molecular formula is C14H31N3O. The van der Waals surface area contributed by atoms with E-state index in [1.807, 2.05) is 20.8 Å². The Morgan fingerprint density at radius 3 is 1.94 bits per heavy atom. The number of amides is 1. The lowest BCUT2D eigenvalue weighted by Gasteiger charge is -2.31. The van der Waals surface area contributed by atoms with Gasteiger partial charge < -0.3 is 11.1 Å². The van der Waals surface area contributed by atoms with Crippen molar-refractivity contribution in [3.05, 3.63) is 0 Å². The summed E-state index contributed by atoms with van der Waals surface area (Å²) in [5, 5.41) is 2.92. The predicted molar refractivity (Wildman–Crippen MR) is 77.4 cm³/mol. The van der Waals surface area contributed by atoms with Gasteiger partial charge in [0.25, 0.3) is 0 Å². The molecule has 0 radical (unpaired) electrons. The van der Waals surface area contributed by atoms with Gasteiger partial charge in [0.15, 0.2) is 0 Å². The SMILES string of the molecule is CC(C)N(CCNC(=O)[C@H](N)C(C)(C)C)C(C)C. The van der Waals surface area contributed by atoms with Crippen molar-refractivity contribution < 1.29 is 4.79 Å². The second-order valence-electron chi connectivity index (χ2n) is 6.56. The van der Waals surface area contributed by atoms with Gasteiger partial charge in [0.2, 0.25) is 5.91 Å². The van der Waals surface area contributed by atoms with Gasteiger partial charge in [-0.25, -0.2) is 0 Å². The minimum absolute atomic E-state index is 0.0602. The lowest BCUT2D eigenvalue weighted by molar-refractivity contribution is -0.124. The van der Waals surface area contributed by atoms with Gasteiger partial charge in [-0.15, -0.1) is 0 Å². The quantitative estimate of drug-likeness (QED) is 0.760. The normalized spacial score (nSPS) is 14.4. The first kappa shape index (κ1) is 17.4. The fourth-order valence-electron chi connectivity index (χ4n) is 1.92. The minimum Gasteiger partial charge on any atom is -0.353 e. The first-order chi connectivity index (χ1) is 8.07. The third kappa shape index (κ3) is 5.83. The summed E-state index contributed by atoms with van der Waals surface area (Å²) in [4.78, 5) is 14.2. The summed E-state index contributed by atoms with van der Waals surface area (Å²) in [7, 11) is 0.